The van der Waals surface area contributed by atoms with Gasteiger partial charge in [-0.25, -0.2) is 4.68 Å². The highest BCUT2D eigenvalue weighted by atomic mass is 35.5. The molecule has 0 aliphatic carbocycles. The van der Waals surface area contributed by atoms with E-state index in [-0.39, 0.29) is 23.4 Å². The number of ether oxygens (including phenoxy) is 1. The SMILES string of the molecule is CNC(=O)c1nn(-c2ccc(OC)cc2)c2c1CCN(c1ccc(NC(=O)CCCCCl)cc1)C2=O. The summed E-state index contributed by atoms with van der Waals surface area (Å²) in [5.41, 5.74) is 3.20. The van der Waals surface area contributed by atoms with Crippen molar-refractivity contribution in [2.24, 2.45) is 0 Å². The van der Waals surface area contributed by atoms with E-state index in [0.717, 1.165) is 12.8 Å². The zero-order valence-corrected chi connectivity index (χ0v) is 21.0. The molecule has 2 aromatic carbocycles. The minimum atomic E-state index is -0.342. The Balaban J connectivity index is 1.61. The maximum absolute atomic E-state index is 13.7. The van der Waals surface area contributed by atoms with E-state index in [4.69, 9.17) is 16.3 Å². The van der Waals surface area contributed by atoms with Gasteiger partial charge in [-0.2, -0.15) is 5.10 Å². The maximum atomic E-state index is 13.7. The van der Waals surface area contributed by atoms with Crippen LogP contribution >= 0.6 is 11.6 Å². The number of alkyl halides is 1. The number of fused-ring (bicyclic) bond motifs is 1. The number of carbonyl (C=O) groups is 3. The second-order valence-corrected chi connectivity index (χ2v) is 8.69. The van der Waals surface area contributed by atoms with Gasteiger partial charge in [-0.05, 0) is 67.8 Å². The molecule has 4 rings (SSSR count). The summed E-state index contributed by atoms with van der Waals surface area (Å²) < 4.78 is 6.75. The number of carbonyl (C=O) groups excluding carboxylic acids is 3. The minimum Gasteiger partial charge on any atom is -0.497 e. The van der Waals surface area contributed by atoms with Crippen LogP contribution in [0.5, 0.6) is 5.75 Å². The van der Waals surface area contributed by atoms with Crippen LogP contribution in [0.3, 0.4) is 0 Å². The number of hydrogen-bond donors (Lipinski definition) is 2. The zero-order chi connectivity index (χ0) is 25.7. The maximum Gasteiger partial charge on any atom is 0.277 e. The third kappa shape index (κ3) is 5.21. The Hall–Kier alpha value is -3.85. The van der Waals surface area contributed by atoms with Gasteiger partial charge in [-0.15, -0.1) is 11.6 Å². The number of methoxy groups -OCH3 is 1. The van der Waals surface area contributed by atoms with Gasteiger partial charge in [0.05, 0.1) is 12.8 Å². The number of benzene rings is 2. The molecule has 10 heteroatoms. The number of nitrogens with zero attached hydrogens (tertiary/aromatic N) is 3. The Kier molecular flexibility index (Phi) is 7.90. The van der Waals surface area contributed by atoms with Gasteiger partial charge in [-0.3, -0.25) is 14.4 Å². The molecule has 0 spiro atoms. The Bertz CT molecular complexity index is 1250. The summed E-state index contributed by atoms with van der Waals surface area (Å²) in [5.74, 6) is 0.538. The third-order valence-electron chi connectivity index (χ3n) is 6.03. The fourth-order valence-electron chi connectivity index (χ4n) is 4.15. The largest absolute Gasteiger partial charge is 0.497 e. The number of anilines is 2. The molecule has 0 atom stereocenters. The first-order valence-electron chi connectivity index (χ1n) is 11.7. The van der Waals surface area contributed by atoms with Crippen LogP contribution < -0.4 is 20.3 Å². The highest BCUT2D eigenvalue weighted by molar-refractivity contribution is 6.17. The Labute approximate surface area is 214 Å². The molecular formula is C26H28ClN5O4. The van der Waals surface area contributed by atoms with E-state index in [9.17, 15) is 14.4 Å². The highest BCUT2D eigenvalue weighted by Gasteiger charge is 2.34. The normalized spacial score (nSPS) is 12.8. The second-order valence-electron chi connectivity index (χ2n) is 8.31. The first kappa shape index (κ1) is 25.2. The van der Waals surface area contributed by atoms with Crippen molar-refractivity contribution < 1.29 is 19.1 Å². The average molecular weight is 510 g/mol. The van der Waals surface area contributed by atoms with E-state index < -0.39 is 0 Å². The van der Waals surface area contributed by atoms with Crippen LogP contribution in [-0.4, -0.2) is 54.1 Å². The van der Waals surface area contributed by atoms with Crippen LogP contribution in [0, 0.1) is 0 Å². The van der Waals surface area contributed by atoms with Crippen LogP contribution in [0.25, 0.3) is 5.69 Å². The van der Waals surface area contributed by atoms with Gasteiger partial charge < -0.3 is 20.3 Å². The highest BCUT2D eigenvalue weighted by Crippen LogP contribution is 2.30. The molecule has 36 heavy (non-hydrogen) atoms. The molecule has 188 valence electrons. The van der Waals surface area contributed by atoms with Crippen molar-refractivity contribution in [3.8, 4) is 11.4 Å². The first-order valence-corrected chi connectivity index (χ1v) is 12.3. The lowest BCUT2D eigenvalue weighted by molar-refractivity contribution is -0.116. The van der Waals surface area contributed by atoms with Crippen molar-refractivity contribution in [1.29, 1.82) is 0 Å². The fraction of sp³-hybridized carbons (Fsp3) is 0.308. The summed E-state index contributed by atoms with van der Waals surface area (Å²) >= 11 is 5.67. The molecular weight excluding hydrogens is 482 g/mol. The predicted octanol–water partition coefficient (Wildman–Crippen LogP) is 3.79. The molecule has 1 aliphatic heterocycles. The van der Waals surface area contributed by atoms with Gasteiger partial charge in [0.15, 0.2) is 5.69 Å². The number of unbranched alkanes of at least 4 members (excludes halogenated alkanes) is 1. The molecule has 0 radical (unpaired) electrons. The topological polar surface area (TPSA) is 106 Å². The minimum absolute atomic E-state index is 0.0725. The summed E-state index contributed by atoms with van der Waals surface area (Å²) in [6.45, 7) is 0.397. The van der Waals surface area contributed by atoms with Crippen molar-refractivity contribution in [2.45, 2.75) is 25.7 Å². The van der Waals surface area contributed by atoms with E-state index in [1.54, 1.807) is 60.5 Å². The molecule has 2 N–H and O–H groups in total. The summed E-state index contributed by atoms with van der Waals surface area (Å²) in [6, 6.07) is 14.3. The summed E-state index contributed by atoms with van der Waals surface area (Å²) in [7, 11) is 3.12. The molecule has 0 saturated heterocycles. The van der Waals surface area contributed by atoms with Gasteiger partial charge in [-0.1, -0.05) is 0 Å². The lowest BCUT2D eigenvalue weighted by Gasteiger charge is -2.28. The van der Waals surface area contributed by atoms with E-state index in [0.29, 0.717) is 59.3 Å². The van der Waals surface area contributed by atoms with E-state index in [2.05, 4.69) is 15.7 Å². The number of halogens is 1. The van der Waals surface area contributed by atoms with Crippen molar-refractivity contribution in [2.75, 3.05) is 36.8 Å². The number of aromatic nitrogens is 2. The molecule has 0 bridgehead atoms. The molecule has 9 nitrogen and oxygen atoms in total. The van der Waals surface area contributed by atoms with Crippen LogP contribution in [0.15, 0.2) is 48.5 Å². The Morgan fingerprint density at radius 3 is 2.39 bits per heavy atom. The molecule has 0 saturated carbocycles. The molecule has 0 unspecified atom stereocenters. The zero-order valence-electron chi connectivity index (χ0n) is 20.2. The standard InChI is InChI=1S/C26H28ClN5O4/c1-28-25(34)23-21-14-16-31(18-8-6-17(7-9-18)29-22(33)5-3-4-15-27)26(35)24(21)32(30-23)19-10-12-20(36-2)13-11-19/h6-13H,3-5,14-16H2,1-2H3,(H,28,34)(H,29,33). The third-order valence-corrected chi connectivity index (χ3v) is 6.29. The molecule has 3 amide bonds. The molecule has 3 aromatic rings. The molecule has 1 aliphatic rings. The monoisotopic (exact) mass is 509 g/mol. The lowest BCUT2D eigenvalue weighted by atomic mass is 10.0. The number of rotatable bonds is 9. The molecule has 1 aromatic heterocycles. The van der Waals surface area contributed by atoms with Crippen molar-refractivity contribution in [1.82, 2.24) is 15.1 Å². The smallest absolute Gasteiger partial charge is 0.277 e. The summed E-state index contributed by atoms with van der Waals surface area (Å²) in [5, 5.41) is 9.98. The van der Waals surface area contributed by atoms with Gasteiger partial charge in [0.1, 0.15) is 11.4 Å². The van der Waals surface area contributed by atoms with Crippen molar-refractivity contribution >= 4 is 40.7 Å². The van der Waals surface area contributed by atoms with Gasteiger partial charge in [0.25, 0.3) is 11.8 Å². The quantitative estimate of drug-likeness (QED) is 0.337. The Morgan fingerprint density at radius 1 is 1.06 bits per heavy atom. The predicted molar refractivity (Wildman–Crippen MR) is 139 cm³/mol. The van der Waals surface area contributed by atoms with Crippen LogP contribution in [0.4, 0.5) is 11.4 Å². The van der Waals surface area contributed by atoms with Gasteiger partial charge >= 0.3 is 0 Å². The average Bonchev–Trinajstić information content (AvgIpc) is 3.30. The van der Waals surface area contributed by atoms with Crippen LogP contribution in [-0.2, 0) is 11.2 Å². The number of hydrogen-bond acceptors (Lipinski definition) is 5. The first-order chi connectivity index (χ1) is 17.5. The van der Waals surface area contributed by atoms with Crippen LogP contribution in [0.2, 0.25) is 0 Å². The summed E-state index contributed by atoms with van der Waals surface area (Å²) in [4.78, 5) is 40.0. The summed E-state index contributed by atoms with van der Waals surface area (Å²) in [6.07, 6.45) is 2.41. The molecule has 2 heterocycles. The second kappa shape index (κ2) is 11.3. The number of amides is 3. The van der Waals surface area contributed by atoms with E-state index >= 15 is 0 Å². The van der Waals surface area contributed by atoms with Crippen LogP contribution in [0.1, 0.15) is 45.8 Å². The Morgan fingerprint density at radius 2 is 1.75 bits per heavy atom. The van der Waals surface area contributed by atoms with Gasteiger partial charge in [0, 0.05) is 42.8 Å². The van der Waals surface area contributed by atoms with Gasteiger partial charge in [0.2, 0.25) is 5.91 Å². The van der Waals surface area contributed by atoms with E-state index in [1.165, 1.54) is 11.7 Å². The van der Waals surface area contributed by atoms with E-state index in [1.807, 2.05) is 0 Å². The lowest BCUT2D eigenvalue weighted by Crippen LogP contribution is -2.39. The molecule has 0 fully saturated rings. The fourth-order valence-corrected chi connectivity index (χ4v) is 4.33. The van der Waals surface area contributed by atoms with Crippen molar-refractivity contribution in [3.63, 3.8) is 0 Å². The van der Waals surface area contributed by atoms with Crippen molar-refractivity contribution in [3.05, 3.63) is 65.5 Å². The number of nitrogens with one attached hydrogen (secondary N) is 2.